The summed E-state index contributed by atoms with van der Waals surface area (Å²) < 4.78 is 1.07. The largest absolute Gasteiger partial charge is 0.331 e. The number of amides is 1. The highest BCUT2D eigenvalue weighted by atomic mass is 79.9. The van der Waals surface area contributed by atoms with Crippen molar-refractivity contribution in [1.82, 2.24) is 4.90 Å². The number of hydrogen-bond donors (Lipinski definition) is 0. The highest BCUT2D eigenvalue weighted by molar-refractivity contribution is 9.11. The van der Waals surface area contributed by atoms with Gasteiger partial charge >= 0.3 is 0 Å². The molecule has 1 amide bonds. The Kier molecular flexibility index (Phi) is 4.78. The quantitative estimate of drug-likeness (QED) is 0.770. The zero-order chi connectivity index (χ0) is 13.7. The van der Waals surface area contributed by atoms with Crippen LogP contribution in [0.1, 0.15) is 11.1 Å². The van der Waals surface area contributed by atoms with Crippen molar-refractivity contribution in [2.24, 2.45) is 0 Å². The summed E-state index contributed by atoms with van der Waals surface area (Å²) in [6.45, 7) is 0.574. The fourth-order valence-electron chi connectivity index (χ4n) is 1.52. The van der Waals surface area contributed by atoms with Gasteiger partial charge in [0, 0.05) is 25.1 Å². The molecule has 0 aliphatic carbocycles. The second-order valence-corrected chi connectivity index (χ2v) is 6.33. The van der Waals surface area contributed by atoms with Gasteiger partial charge in [-0.25, -0.2) is 0 Å². The van der Waals surface area contributed by atoms with Crippen molar-refractivity contribution in [2.45, 2.75) is 6.54 Å². The normalized spacial score (nSPS) is 9.58. The number of thiophene rings is 1. The number of hydrogen-bond acceptors (Lipinski definition) is 2. The van der Waals surface area contributed by atoms with Gasteiger partial charge in [0.1, 0.15) is 0 Å². The Morgan fingerprint density at radius 2 is 2.11 bits per heavy atom. The van der Waals surface area contributed by atoms with Gasteiger partial charge < -0.3 is 4.90 Å². The molecule has 2 rings (SSSR count). The lowest BCUT2D eigenvalue weighted by atomic mass is 10.2. The summed E-state index contributed by atoms with van der Waals surface area (Å²) in [5, 5.41) is 2.03. The minimum atomic E-state index is -0.175. The van der Waals surface area contributed by atoms with Crippen LogP contribution in [0.2, 0.25) is 0 Å². The Bertz CT molecular complexity index is 624. The minimum absolute atomic E-state index is 0.175. The molecule has 1 aromatic heterocycles. The first-order valence-electron chi connectivity index (χ1n) is 5.70. The van der Waals surface area contributed by atoms with Gasteiger partial charge in [0.2, 0.25) is 0 Å². The van der Waals surface area contributed by atoms with Crippen LogP contribution in [0.4, 0.5) is 0 Å². The zero-order valence-corrected chi connectivity index (χ0v) is 12.8. The van der Waals surface area contributed by atoms with Crippen LogP contribution in [-0.2, 0) is 11.3 Å². The van der Waals surface area contributed by atoms with Gasteiger partial charge in [-0.05, 0) is 45.1 Å². The summed E-state index contributed by atoms with van der Waals surface area (Å²) in [5.41, 5.74) is 1.96. The van der Waals surface area contributed by atoms with Crippen LogP contribution in [0.5, 0.6) is 0 Å². The minimum Gasteiger partial charge on any atom is -0.331 e. The molecule has 0 bridgehead atoms. The number of rotatable bonds is 2. The smallest absolute Gasteiger partial charge is 0.298 e. The van der Waals surface area contributed by atoms with Crippen LogP contribution in [0.15, 0.2) is 45.6 Å². The Morgan fingerprint density at radius 3 is 2.74 bits per heavy atom. The van der Waals surface area contributed by atoms with Crippen molar-refractivity contribution in [3.8, 4) is 11.8 Å². The predicted molar refractivity (Wildman–Crippen MR) is 81.8 cm³/mol. The maximum Gasteiger partial charge on any atom is 0.298 e. The first kappa shape index (κ1) is 13.9. The summed E-state index contributed by atoms with van der Waals surface area (Å²) >= 11 is 5.02. The van der Waals surface area contributed by atoms with Crippen LogP contribution >= 0.6 is 27.3 Å². The van der Waals surface area contributed by atoms with Crippen molar-refractivity contribution >= 4 is 33.2 Å². The lowest BCUT2D eigenvalue weighted by molar-refractivity contribution is -0.124. The summed E-state index contributed by atoms with van der Waals surface area (Å²) in [5.74, 6) is 5.35. The second-order valence-electron chi connectivity index (χ2n) is 4.04. The molecule has 96 valence electrons. The third-order valence-corrected chi connectivity index (χ3v) is 4.03. The number of carbonyl (C=O) groups is 1. The Morgan fingerprint density at radius 1 is 1.37 bits per heavy atom. The summed E-state index contributed by atoms with van der Waals surface area (Å²) in [6.07, 6.45) is 0. The lowest BCUT2D eigenvalue weighted by Gasteiger charge is -2.12. The van der Waals surface area contributed by atoms with Crippen molar-refractivity contribution in [3.63, 3.8) is 0 Å². The van der Waals surface area contributed by atoms with E-state index in [0.29, 0.717) is 6.54 Å². The van der Waals surface area contributed by atoms with E-state index in [1.54, 1.807) is 23.3 Å². The molecule has 0 radical (unpaired) electrons. The molecule has 4 heteroatoms. The molecule has 0 atom stereocenters. The highest BCUT2D eigenvalue weighted by Gasteiger charge is 2.07. The molecule has 0 spiro atoms. The summed E-state index contributed by atoms with van der Waals surface area (Å²) in [4.78, 5) is 13.5. The molecule has 2 nitrogen and oxygen atoms in total. The monoisotopic (exact) mass is 333 g/mol. The van der Waals surface area contributed by atoms with Crippen LogP contribution in [0, 0.1) is 11.8 Å². The van der Waals surface area contributed by atoms with E-state index in [0.717, 1.165) is 14.9 Å². The number of nitrogens with zero attached hydrogens (tertiary/aromatic N) is 1. The average Bonchev–Trinajstić information content (AvgIpc) is 2.82. The van der Waals surface area contributed by atoms with Crippen molar-refractivity contribution < 1.29 is 4.79 Å². The van der Waals surface area contributed by atoms with Gasteiger partial charge in [-0.1, -0.05) is 24.1 Å². The first-order valence-corrected chi connectivity index (χ1v) is 7.37. The van der Waals surface area contributed by atoms with E-state index in [1.165, 1.54) is 0 Å². The third kappa shape index (κ3) is 4.23. The van der Waals surface area contributed by atoms with E-state index >= 15 is 0 Å². The fourth-order valence-corrected chi connectivity index (χ4v) is 2.72. The maximum atomic E-state index is 11.9. The molecule has 1 heterocycles. The van der Waals surface area contributed by atoms with Crippen molar-refractivity contribution in [3.05, 3.63) is 56.7 Å². The van der Waals surface area contributed by atoms with Crippen LogP contribution in [-0.4, -0.2) is 17.9 Å². The molecular formula is C15H12BrNOS. The molecule has 0 N–H and O–H groups in total. The molecular weight excluding hydrogens is 322 g/mol. The molecule has 0 aliphatic rings. The van der Waals surface area contributed by atoms with Crippen LogP contribution < -0.4 is 0 Å². The van der Waals surface area contributed by atoms with E-state index in [2.05, 4.69) is 27.8 Å². The van der Waals surface area contributed by atoms with Gasteiger partial charge in [-0.15, -0.1) is 11.3 Å². The number of halogens is 1. The van der Waals surface area contributed by atoms with E-state index in [1.807, 2.05) is 41.8 Å². The Labute approximate surface area is 125 Å². The maximum absolute atomic E-state index is 11.9. The van der Waals surface area contributed by atoms with E-state index in [9.17, 15) is 4.79 Å². The number of carbonyl (C=O) groups excluding carboxylic acids is 1. The predicted octanol–water partition coefficient (Wildman–Crippen LogP) is 3.52. The molecule has 0 aliphatic heterocycles. The lowest BCUT2D eigenvalue weighted by Crippen LogP contribution is -2.24. The van der Waals surface area contributed by atoms with Crippen molar-refractivity contribution in [2.75, 3.05) is 7.05 Å². The summed E-state index contributed by atoms with van der Waals surface area (Å²) in [6, 6.07) is 11.5. The zero-order valence-electron chi connectivity index (χ0n) is 10.4. The Hall–Kier alpha value is -1.57. The topological polar surface area (TPSA) is 20.3 Å². The van der Waals surface area contributed by atoms with Crippen LogP contribution in [0.3, 0.4) is 0 Å². The van der Waals surface area contributed by atoms with Gasteiger partial charge in [0.25, 0.3) is 5.91 Å². The molecule has 1 aromatic carbocycles. The molecule has 0 fully saturated rings. The summed E-state index contributed by atoms with van der Waals surface area (Å²) in [7, 11) is 1.76. The van der Waals surface area contributed by atoms with Gasteiger partial charge in [-0.3, -0.25) is 4.79 Å². The standard InChI is InChI=1S/C15H12BrNOS/c1-17(10-13-9-14(16)19-11-13)15(18)8-7-12-5-3-2-4-6-12/h2-6,9,11H,10H2,1H3. The van der Waals surface area contributed by atoms with E-state index < -0.39 is 0 Å². The molecule has 0 saturated carbocycles. The molecule has 0 saturated heterocycles. The average molecular weight is 334 g/mol. The Balaban J connectivity index is 1.98. The third-order valence-electron chi connectivity index (χ3n) is 2.48. The fraction of sp³-hybridized carbons (Fsp3) is 0.133. The van der Waals surface area contributed by atoms with Gasteiger partial charge in [-0.2, -0.15) is 0 Å². The van der Waals surface area contributed by atoms with E-state index in [-0.39, 0.29) is 5.91 Å². The van der Waals surface area contributed by atoms with E-state index in [4.69, 9.17) is 0 Å². The SMILES string of the molecule is CN(Cc1csc(Br)c1)C(=O)C#Cc1ccccc1. The molecule has 2 aromatic rings. The second kappa shape index (κ2) is 6.55. The molecule has 0 unspecified atom stereocenters. The van der Waals surface area contributed by atoms with Gasteiger partial charge in [0.15, 0.2) is 0 Å². The van der Waals surface area contributed by atoms with Gasteiger partial charge in [0.05, 0.1) is 3.79 Å². The van der Waals surface area contributed by atoms with Crippen molar-refractivity contribution in [1.29, 1.82) is 0 Å². The first-order chi connectivity index (χ1) is 9.15. The number of benzene rings is 1. The van der Waals surface area contributed by atoms with Crippen LogP contribution in [0.25, 0.3) is 0 Å². The highest BCUT2D eigenvalue weighted by Crippen LogP contribution is 2.21. The molecule has 19 heavy (non-hydrogen) atoms.